The second kappa shape index (κ2) is 5.84. The number of hydrogen-bond donors (Lipinski definition) is 1. The van der Waals surface area contributed by atoms with Gasteiger partial charge in [-0.15, -0.1) is 0 Å². The Morgan fingerprint density at radius 3 is 2.79 bits per heavy atom. The summed E-state index contributed by atoms with van der Waals surface area (Å²) in [6.45, 7) is 2.70. The number of aromatic nitrogens is 2. The Hall–Kier alpha value is -1.88. The molecule has 1 aromatic carbocycles. The molecule has 1 atom stereocenters. The molecule has 1 unspecified atom stereocenters. The minimum Gasteiger partial charge on any atom is -0.493 e. The fourth-order valence-corrected chi connectivity index (χ4v) is 2.18. The van der Waals surface area contributed by atoms with Crippen LogP contribution in [0.3, 0.4) is 0 Å². The van der Waals surface area contributed by atoms with Gasteiger partial charge in [-0.05, 0) is 12.6 Å². The summed E-state index contributed by atoms with van der Waals surface area (Å²) in [7, 11) is 3.41. The lowest BCUT2D eigenvalue weighted by molar-refractivity contribution is 0.400. The van der Waals surface area contributed by atoms with Crippen LogP contribution in [0.1, 0.15) is 24.2 Å². The average molecular weight is 263 g/mol. The molecule has 0 bridgehead atoms. The zero-order valence-corrected chi connectivity index (χ0v) is 11.4. The SMILES string of the molecule is CCNC(c1ccccc1F)c1c(OC)cnn1C. The van der Waals surface area contributed by atoms with E-state index in [0.717, 1.165) is 5.69 Å². The molecule has 1 N–H and O–H groups in total. The number of benzene rings is 1. The Morgan fingerprint density at radius 2 is 2.16 bits per heavy atom. The van der Waals surface area contributed by atoms with Crippen molar-refractivity contribution < 1.29 is 9.13 Å². The monoisotopic (exact) mass is 263 g/mol. The molecule has 0 aliphatic carbocycles. The van der Waals surface area contributed by atoms with Gasteiger partial charge < -0.3 is 10.1 Å². The molecule has 19 heavy (non-hydrogen) atoms. The molecule has 4 nitrogen and oxygen atoms in total. The van der Waals surface area contributed by atoms with Gasteiger partial charge in [0.05, 0.1) is 19.3 Å². The van der Waals surface area contributed by atoms with Gasteiger partial charge in [-0.1, -0.05) is 25.1 Å². The number of ether oxygens (including phenoxy) is 1. The van der Waals surface area contributed by atoms with Crippen LogP contribution < -0.4 is 10.1 Å². The quantitative estimate of drug-likeness (QED) is 0.899. The minimum atomic E-state index is -0.284. The minimum absolute atomic E-state index is 0.239. The van der Waals surface area contributed by atoms with E-state index in [1.54, 1.807) is 30.1 Å². The molecule has 0 fully saturated rings. The maximum atomic E-state index is 14.0. The van der Waals surface area contributed by atoms with E-state index >= 15 is 0 Å². The van der Waals surface area contributed by atoms with Crippen LogP contribution in [0.4, 0.5) is 4.39 Å². The fourth-order valence-electron chi connectivity index (χ4n) is 2.18. The van der Waals surface area contributed by atoms with Crippen LogP contribution in [0.25, 0.3) is 0 Å². The molecular weight excluding hydrogens is 245 g/mol. The number of nitrogens with one attached hydrogen (secondary N) is 1. The van der Waals surface area contributed by atoms with Crippen molar-refractivity contribution in [3.63, 3.8) is 0 Å². The zero-order valence-electron chi connectivity index (χ0n) is 11.4. The number of nitrogens with zero attached hydrogens (tertiary/aromatic N) is 2. The van der Waals surface area contributed by atoms with Crippen LogP contribution in [-0.2, 0) is 7.05 Å². The first-order chi connectivity index (χ1) is 9.19. The highest BCUT2D eigenvalue weighted by molar-refractivity contribution is 5.36. The Labute approximate surface area is 112 Å². The molecule has 2 aromatic rings. The highest BCUT2D eigenvalue weighted by Crippen LogP contribution is 2.30. The summed E-state index contributed by atoms with van der Waals surface area (Å²) >= 11 is 0. The molecule has 2 rings (SSSR count). The molecule has 5 heteroatoms. The summed E-state index contributed by atoms with van der Waals surface area (Å²) in [5, 5.41) is 7.45. The summed E-state index contributed by atoms with van der Waals surface area (Å²) < 4.78 is 21.0. The molecule has 102 valence electrons. The first-order valence-corrected chi connectivity index (χ1v) is 6.22. The standard InChI is InChI=1S/C14H18FN3O/c1-4-16-13(10-7-5-6-8-11(10)15)14-12(19-3)9-17-18(14)2/h5-9,13,16H,4H2,1-3H3. The van der Waals surface area contributed by atoms with Gasteiger partial charge in [0.1, 0.15) is 11.5 Å². The molecule has 0 spiro atoms. The molecule has 0 saturated carbocycles. The Bertz CT molecular complexity index is 553. The van der Waals surface area contributed by atoms with Crippen LogP contribution in [-0.4, -0.2) is 23.4 Å². The van der Waals surface area contributed by atoms with Gasteiger partial charge in [-0.2, -0.15) is 5.10 Å². The van der Waals surface area contributed by atoms with Crippen molar-refractivity contribution in [3.05, 3.63) is 47.5 Å². The third-order valence-electron chi connectivity index (χ3n) is 3.07. The van der Waals surface area contributed by atoms with Crippen LogP contribution in [0.2, 0.25) is 0 Å². The van der Waals surface area contributed by atoms with E-state index in [2.05, 4.69) is 10.4 Å². The average Bonchev–Trinajstić information content (AvgIpc) is 2.78. The topological polar surface area (TPSA) is 39.1 Å². The van der Waals surface area contributed by atoms with Gasteiger partial charge in [-0.3, -0.25) is 4.68 Å². The van der Waals surface area contributed by atoms with Gasteiger partial charge in [0, 0.05) is 12.6 Å². The number of methoxy groups -OCH3 is 1. The molecule has 1 heterocycles. The lowest BCUT2D eigenvalue weighted by Gasteiger charge is -2.20. The molecule has 0 radical (unpaired) electrons. The van der Waals surface area contributed by atoms with E-state index in [1.807, 2.05) is 20.0 Å². The van der Waals surface area contributed by atoms with Crippen molar-refractivity contribution in [1.29, 1.82) is 0 Å². The molecule has 0 amide bonds. The fraction of sp³-hybridized carbons (Fsp3) is 0.357. The summed E-state index contributed by atoms with van der Waals surface area (Å²) in [5.74, 6) is 0.411. The predicted octanol–water partition coefficient (Wildman–Crippen LogP) is 2.27. The first-order valence-electron chi connectivity index (χ1n) is 6.22. The maximum Gasteiger partial charge on any atom is 0.161 e. The van der Waals surface area contributed by atoms with Crippen LogP contribution in [0.5, 0.6) is 5.75 Å². The van der Waals surface area contributed by atoms with E-state index in [0.29, 0.717) is 17.9 Å². The Morgan fingerprint density at radius 1 is 1.42 bits per heavy atom. The summed E-state index contributed by atoms with van der Waals surface area (Å²) in [4.78, 5) is 0. The third-order valence-corrected chi connectivity index (χ3v) is 3.07. The lowest BCUT2D eigenvalue weighted by Crippen LogP contribution is -2.25. The summed E-state index contributed by atoms with van der Waals surface area (Å²) in [5.41, 5.74) is 1.40. The molecular formula is C14H18FN3O. The van der Waals surface area contributed by atoms with E-state index < -0.39 is 0 Å². The van der Waals surface area contributed by atoms with E-state index in [-0.39, 0.29) is 11.9 Å². The Kier molecular flexibility index (Phi) is 4.16. The smallest absolute Gasteiger partial charge is 0.161 e. The highest BCUT2D eigenvalue weighted by atomic mass is 19.1. The van der Waals surface area contributed by atoms with Crippen molar-refractivity contribution in [2.24, 2.45) is 7.05 Å². The van der Waals surface area contributed by atoms with Crippen molar-refractivity contribution in [2.75, 3.05) is 13.7 Å². The predicted molar refractivity (Wildman–Crippen MR) is 71.7 cm³/mol. The number of hydrogen-bond acceptors (Lipinski definition) is 3. The molecule has 0 aliphatic heterocycles. The maximum absolute atomic E-state index is 14.0. The van der Waals surface area contributed by atoms with Crippen molar-refractivity contribution >= 4 is 0 Å². The lowest BCUT2D eigenvalue weighted by atomic mass is 10.0. The highest BCUT2D eigenvalue weighted by Gasteiger charge is 2.23. The van der Waals surface area contributed by atoms with Crippen molar-refractivity contribution in [3.8, 4) is 5.75 Å². The zero-order chi connectivity index (χ0) is 13.8. The van der Waals surface area contributed by atoms with Crippen molar-refractivity contribution in [1.82, 2.24) is 15.1 Å². The van der Waals surface area contributed by atoms with Gasteiger partial charge >= 0.3 is 0 Å². The normalized spacial score (nSPS) is 12.4. The molecule has 0 aliphatic rings. The molecule has 0 saturated heterocycles. The van der Waals surface area contributed by atoms with Crippen LogP contribution in [0.15, 0.2) is 30.5 Å². The van der Waals surface area contributed by atoms with E-state index in [9.17, 15) is 4.39 Å². The second-order valence-electron chi connectivity index (χ2n) is 4.23. The summed E-state index contributed by atoms with van der Waals surface area (Å²) in [6.07, 6.45) is 1.64. The van der Waals surface area contributed by atoms with Gasteiger partial charge in [0.2, 0.25) is 0 Å². The van der Waals surface area contributed by atoms with Gasteiger partial charge in [0.25, 0.3) is 0 Å². The van der Waals surface area contributed by atoms with Gasteiger partial charge in [0.15, 0.2) is 5.75 Å². The largest absolute Gasteiger partial charge is 0.493 e. The number of rotatable bonds is 5. The Balaban J connectivity index is 2.51. The first kappa shape index (κ1) is 13.5. The second-order valence-corrected chi connectivity index (χ2v) is 4.23. The number of halogens is 1. The van der Waals surface area contributed by atoms with Crippen LogP contribution in [0, 0.1) is 5.82 Å². The van der Waals surface area contributed by atoms with Crippen LogP contribution >= 0.6 is 0 Å². The molecule has 1 aromatic heterocycles. The summed E-state index contributed by atoms with van der Waals surface area (Å²) in [6, 6.07) is 6.46. The third kappa shape index (κ3) is 2.61. The van der Waals surface area contributed by atoms with Crippen molar-refractivity contribution in [2.45, 2.75) is 13.0 Å². The van der Waals surface area contributed by atoms with E-state index in [4.69, 9.17) is 4.74 Å². The number of aryl methyl sites for hydroxylation is 1. The van der Waals surface area contributed by atoms with E-state index in [1.165, 1.54) is 6.07 Å². The van der Waals surface area contributed by atoms with Gasteiger partial charge in [-0.25, -0.2) is 4.39 Å².